The molecule has 0 radical (unpaired) electrons. The molecular weight excluding hydrogens is 252 g/mol. The summed E-state index contributed by atoms with van der Waals surface area (Å²) in [6.07, 6.45) is 1.78. The summed E-state index contributed by atoms with van der Waals surface area (Å²) in [5.74, 6) is 0.635. The Morgan fingerprint density at radius 2 is 1.80 bits per heavy atom. The lowest BCUT2D eigenvalue weighted by atomic mass is 10.1. The fraction of sp³-hybridized carbons (Fsp3) is 0.438. The minimum atomic E-state index is -0.151. The molecule has 2 rings (SSSR count). The van der Waals surface area contributed by atoms with Crippen molar-refractivity contribution in [3.05, 3.63) is 36.0 Å². The normalized spacial score (nSPS) is 11.8. The van der Waals surface area contributed by atoms with Crippen molar-refractivity contribution in [3.63, 3.8) is 0 Å². The van der Waals surface area contributed by atoms with Crippen LogP contribution in [0.25, 0.3) is 10.8 Å². The van der Waals surface area contributed by atoms with Gasteiger partial charge in [0.1, 0.15) is 6.61 Å². The Kier molecular flexibility index (Phi) is 4.57. The number of rotatable bonds is 5. The molecule has 1 aromatic heterocycles. The molecule has 20 heavy (non-hydrogen) atoms. The van der Waals surface area contributed by atoms with Crippen LogP contribution in [0.5, 0.6) is 5.88 Å². The largest absolute Gasteiger partial charge is 0.475 e. The monoisotopic (exact) mass is 274 g/mol. The predicted molar refractivity (Wildman–Crippen MR) is 80.8 cm³/mol. The molecule has 0 atom stereocenters. The summed E-state index contributed by atoms with van der Waals surface area (Å²) in [6, 6.07) is 8.01. The number of hydrogen-bond acceptors (Lipinski definition) is 4. The second kappa shape index (κ2) is 6.20. The average Bonchev–Trinajstić information content (AvgIpc) is 2.42. The lowest BCUT2D eigenvalue weighted by molar-refractivity contribution is -0.0166. The van der Waals surface area contributed by atoms with Crippen LogP contribution in [0.1, 0.15) is 26.3 Å². The quantitative estimate of drug-likeness (QED) is 0.852. The van der Waals surface area contributed by atoms with E-state index in [9.17, 15) is 0 Å². The van der Waals surface area contributed by atoms with Gasteiger partial charge >= 0.3 is 0 Å². The van der Waals surface area contributed by atoms with Crippen LogP contribution < -0.4 is 10.5 Å². The molecule has 0 aliphatic rings. The first-order valence-electron chi connectivity index (χ1n) is 6.85. The summed E-state index contributed by atoms with van der Waals surface area (Å²) in [4.78, 5) is 4.35. The number of hydrogen-bond donors (Lipinski definition) is 1. The zero-order valence-electron chi connectivity index (χ0n) is 12.3. The summed E-state index contributed by atoms with van der Waals surface area (Å²) in [5.41, 5.74) is 6.61. The predicted octanol–water partition coefficient (Wildman–Crippen LogP) is 2.89. The van der Waals surface area contributed by atoms with E-state index in [0.717, 1.165) is 16.3 Å². The van der Waals surface area contributed by atoms with Crippen molar-refractivity contribution < 1.29 is 9.47 Å². The SMILES string of the molecule is CC(C)(C)OCCOc1ncc(CN)c2ccccc12. The van der Waals surface area contributed by atoms with Gasteiger partial charge in [0.05, 0.1) is 12.2 Å². The van der Waals surface area contributed by atoms with E-state index >= 15 is 0 Å². The minimum absolute atomic E-state index is 0.151. The third-order valence-corrected chi connectivity index (χ3v) is 2.92. The van der Waals surface area contributed by atoms with Crippen molar-refractivity contribution in [2.24, 2.45) is 5.73 Å². The Balaban J connectivity index is 2.11. The van der Waals surface area contributed by atoms with Crippen molar-refractivity contribution >= 4 is 10.8 Å². The van der Waals surface area contributed by atoms with Crippen LogP contribution in [0.2, 0.25) is 0 Å². The van der Waals surface area contributed by atoms with Crippen molar-refractivity contribution in [2.75, 3.05) is 13.2 Å². The van der Waals surface area contributed by atoms with Crippen LogP contribution in [0.4, 0.5) is 0 Å². The number of ether oxygens (including phenoxy) is 2. The molecule has 0 amide bonds. The maximum absolute atomic E-state index is 5.74. The van der Waals surface area contributed by atoms with Gasteiger partial charge < -0.3 is 15.2 Å². The van der Waals surface area contributed by atoms with E-state index < -0.39 is 0 Å². The van der Waals surface area contributed by atoms with Crippen LogP contribution in [0.15, 0.2) is 30.5 Å². The fourth-order valence-corrected chi connectivity index (χ4v) is 1.99. The average molecular weight is 274 g/mol. The molecule has 2 aromatic rings. The molecule has 108 valence electrons. The summed E-state index contributed by atoms with van der Waals surface area (Å²) in [5, 5.41) is 2.09. The Morgan fingerprint density at radius 1 is 1.10 bits per heavy atom. The Bertz CT molecular complexity index is 576. The third kappa shape index (κ3) is 3.68. The van der Waals surface area contributed by atoms with Gasteiger partial charge in [-0.25, -0.2) is 4.98 Å². The molecule has 4 heteroatoms. The number of nitrogens with zero attached hydrogens (tertiary/aromatic N) is 1. The van der Waals surface area contributed by atoms with E-state index in [-0.39, 0.29) is 5.60 Å². The standard InChI is InChI=1S/C16H22N2O2/c1-16(2,3)20-9-8-19-15-14-7-5-4-6-13(14)12(10-17)11-18-15/h4-7,11H,8-10,17H2,1-3H3. The first-order valence-corrected chi connectivity index (χ1v) is 6.85. The van der Waals surface area contributed by atoms with Crippen LogP contribution in [0, 0.1) is 0 Å². The van der Waals surface area contributed by atoms with Crippen molar-refractivity contribution in [3.8, 4) is 5.88 Å². The highest BCUT2D eigenvalue weighted by Gasteiger charge is 2.11. The number of pyridine rings is 1. The van der Waals surface area contributed by atoms with Gasteiger partial charge in [0.25, 0.3) is 0 Å². The van der Waals surface area contributed by atoms with Gasteiger partial charge in [0, 0.05) is 18.1 Å². The maximum Gasteiger partial charge on any atom is 0.221 e. The molecular formula is C16H22N2O2. The van der Waals surface area contributed by atoms with Gasteiger partial charge in [-0.05, 0) is 37.8 Å². The summed E-state index contributed by atoms with van der Waals surface area (Å²) in [6.45, 7) is 7.57. The molecule has 1 heterocycles. The second-order valence-corrected chi connectivity index (χ2v) is 5.65. The number of aromatic nitrogens is 1. The topological polar surface area (TPSA) is 57.4 Å². The van der Waals surface area contributed by atoms with Gasteiger partial charge in [-0.2, -0.15) is 0 Å². The molecule has 1 aromatic carbocycles. The molecule has 0 unspecified atom stereocenters. The van der Waals surface area contributed by atoms with Crippen molar-refractivity contribution in [1.82, 2.24) is 4.98 Å². The summed E-state index contributed by atoms with van der Waals surface area (Å²) in [7, 11) is 0. The molecule has 0 aliphatic heterocycles. The van der Waals surface area contributed by atoms with Crippen LogP contribution in [-0.2, 0) is 11.3 Å². The van der Waals surface area contributed by atoms with Crippen molar-refractivity contribution in [1.29, 1.82) is 0 Å². The van der Waals surface area contributed by atoms with E-state index in [0.29, 0.717) is 25.6 Å². The number of nitrogens with two attached hydrogens (primary N) is 1. The second-order valence-electron chi connectivity index (χ2n) is 5.65. The van der Waals surface area contributed by atoms with Crippen LogP contribution in [0.3, 0.4) is 0 Å². The van der Waals surface area contributed by atoms with E-state index in [2.05, 4.69) is 4.98 Å². The molecule has 0 bridgehead atoms. The van der Waals surface area contributed by atoms with Gasteiger partial charge in [-0.15, -0.1) is 0 Å². The molecule has 4 nitrogen and oxygen atoms in total. The zero-order valence-corrected chi connectivity index (χ0v) is 12.3. The fourth-order valence-electron chi connectivity index (χ4n) is 1.99. The van der Waals surface area contributed by atoms with E-state index in [1.54, 1.807) is 6.20 Å². The van der Waals surface area contributed by atoms with E-state index in [1.165, 1.54) is 0 Å². The highest BCUT2D eigenvalue weighted by Crippen LogP contribution is 2.25. The molecule has 0 fully saturated rings. The highest BCUT2D eigenvalue weighted by atomic mass is 16.5. The Labute approximate surface area is 119 Å². The van der Waals surface area contributed by atoms with Gasteiger partial charge in [0.15, 0.2) is 0 Å². The smallest absolute Gasteiger partial charge is 0.221 e. The van der Waals surface area contributed by atoms with Gasteiger partial charge in [-0.3, -0.25) is 0 Å². The zero-order chi connectivity index (χ0) is 14.6. The molecule has 0 saturated carbocycles. The Hall–Kier alpha value is -1.65. The lowest BCUT2D eigenvalue weighted by Gasteiger charge is -2.19. The maximum atomic E-state index is 5.74. The highest BCUT2D eigenvalue weighted by molar-refractivity contribution is 5.89. The number of fused-ring (bicyclic) bond motifs is 1. The molecule has 0 aliphatic carbocycles. The van der Waals surface area contributed by atoms with Crippen LogP contribution >= 0.6 is 0 Å². The first kappa shape index (κ1) is 14.8. The molecule has 0 spiro atoms. The van der Waals surface area contributed by atoms with E-state index in [1.807, 2.05) is 45.0 Å². The first-order chi connectivity index (χ1) is 9.51. The van der Waals surface area contributed by atoms with Crippen LogP contribution in [-0.4, -0.2) is 23.8 Å². The molecule has 2 N–H and O–H groups in total. The Morgan fingerprint density at radius 3 is 2.45 bits per heavy atom. The third-order valence-electron chi connectivity index (χ3n) is 2.92. The van der Waals surface area contributed by atoms with Gasteiger partial charge in [-0.1, -0.05) is 18.2 Å². The van der Waals surface area contributed by atoms with E-state index in [4.69, 9.17) is 15.2 Å². The summed E-state index contributed by atoms with van der Waals surface area (Å²) >= 11 is 0. The van der Waals surface area contributed by atoms with Gasteiger partial charge in [0.2, 0.25) is 5.88 Å². The minimum Gasteiger partial charge on any atom is -0.475 e. The number of benzene rings is 1. The summed E-state index contributed by atoms with van der Waals surface area (Å²) < 4.78 is 11.4. The lowest BCUT2D eigenvalue weighted by Crippen LogP contribution is -2.22. The molecule has 0 saturated heterocycles. The van der Waals surface area contributed by atoms with Crippen molar-refractivity contribution in [2.45, 2.75) is 32.9 Å².